The molecule has 0 amide bonds. The van der Waals surface area contributed by atoms with Gasteiger partial charge >= 0.3 is 5.97 Å². The van der Waals surface area contributed by atoms with E-state index in [1.165, 1.54) is 13.1 Å². The molecular formula is C8H7F2NO2. The lowest BCUT2D eigenvalue weighted by atomic mass is 10.1. The minimum absolute atomic E-state index is 0.0508. The third-order valence-corrected chi connectivity index (χ3v) is 1.64. The maximum absolute atomic E-state index is 12.3. The molecule has 13 heavy (non-hydrogen) atoms. The summed E-state index contributed by atoms with van der Waals surface area (Å²) in [6.07, 6.45) is -1.61. The number of nitrogens with zero attached hydrogens (tertiary/aromatic N) is 1. The Bertz CT molecular complexity index is 339. The molecule has 0 aliphatic heterocycles. The molecule has 5 heteroatoms. The van der Waals surface area contributed by atoms with Crippen molar-refractivity contribution in [3.8, 4) is 0 Å². The molecule has 0 saturated heterocycles. The number of carboxylic acid groups (broad SMARTS) is 1. The Kier molecular flexibility index (Phi) is 2.55. The van der Waals surface area contributed by atoms with Crippen molar-refractivity contribution in [2.75, 3.05) is 0 Å². The molecule has 0 saturated carbocycles. The van der Waals surface area contributed by atoms with Crippen LogP contribution < -0.4 is 0 Å². The highest BCUT2D eigenvalue weighted by Gasteiger charge is 2.20. The summed E-state index contributed by atoms with van der Waals surface area (Å²) in [5.74, 6) is -1.36. The number of halogens is 2. The van der Waals surface area contributed by atoms with Crippen LogP contribution in [-0.2, 0) is 0 Å². The van der Waals surface area contributed by atoms with Crippen LogP contribution >= 0.6 is 0 Å². The first-order chi connectivity index (χ1) is 6.04. The summed E-state index contributed by atoms with van der Waals surface area (Å²) < 4.78 is 24.7. The van der Waals surface area contributed by atoms with Crippen LogP contribution in [0.3, 0.4) is 0 Å². The molecule has 1 rings (SSSR count). The lowest BCUT2D eigenvalue weighted by molar-refractivity contribution is 0.0684. The van der Waals surface area contributed by atoms with E-state index in [9.17, 15) is 13.6 Å². The normalized spacial score (nSPS) is 10.5. The van der Waals surface area contributed by atoms with Crippen LogP contribution in [0, 0.1) is 6.92 Å². The summed E-state index contributed by atoms with van der Waals surface area (Å²) in [6.45, 7) is 1.36. The van der Waals surface area contributed by atoms with Gasteiger partial charge < -0.3 is 5.11 Å². The first-order valence-electron chi connectivity index (χ1n) is 3.51. The second kappa shape index (κ2) is 3.47. The Morgan fingerprint density at radius 2 is 2.23 bits per heavy atom. The van der Waals surface area contributed by atoms with E-state index >= 15 is 0 Å². The Labute approximate surface area is 73.0 Å². The van der Waals surface area contributed by atoms with Crippen molar-refractivity contribution in [3.05, 3.63) is 29.1 Å². The lowest BCUT2D eigenvalue weighted by Gasteiger charge is -2.06. The predicted octanol–water partition coefficient (Wildman–Crippen LogP) is 2.03. The van der Waals surface area contributed by atoms with Gasteiger partial charge in [0.25, 0.3) is 6.43 Å². The molecule has 0 atom stereocenters. The molecule has 0 bridgehead atoms. The molecular weight excluding hydrogens is 180 g/mol. The number of aromatic carboxylic acids is 1. The molecule has 0 aliphatic rings. The number of pyridine rings is 1. The molecule has 0 spiro atoms. The molecule has 1 aromatic rings. The number of carbonyl (C=O) groups is 1. The van der Waals surface area contributed by atoms with Crippen LogP contribution in [0.25, 0.3) is 0 Å². The molecule has 1 N–H and O–H groups in total. The quantitative estimate of drug-likeness (QED) is 0.770. The van der Waals surface area contributed by atoms with E-state index in [0.29, 0.717) is 0 Å². The van der Waals surface area contributed by atoms with Gasteiger partial charge in [0, 0.05) is 11.9 Å². The monoisotopic (exact) mass is 187 g/mol. The molecule has 0 radical (unpaired) electrons. The topological polar surface area (TPSA) is 50.2 Å². The molecule has 1 heterocycles. The van der Waals surface area contributed by atoms with Gasteiger partial charge in [-0.3, -0.25) is 4.98 Å². The van der Waals surface area contributed by atoms with E-state index in [1.807, 2.05) is 0 Å². The van der Waals surface area contributed by atoms with E-state index in [0.717, 1.165) is 6.07 Å². The highest BCUT2D eigenvalue weighted by atomic mass is 19.3. The van der Waals surface area contributed by atoms with Crippen LogP contribution in [0.4, 0.5) is 8.78 Å². The standard InChI is InChI=1S/C8H7F2NO2/c1-4-6(7(9)10)5(8(12)13)2-3-11-4/h2-3,7H,1H3,(H,12,13). The van der Waals surface area contributed by atoms with Gasteiger partial charge in [-0.15, -0.1) is 0 Å². The highest BCUT2D eigenvalue weighted by molar-refractivity contribution is 5.89. The van der Waals surface area contributed by atoms with Crippen LogP contribution in [-0.4, -0.2) is 16.1 Å². The van der Waals surface area contributed by atoms with Crippen molar-refractivity contribution in [1.29, 1.82) is 0 Å². The maximum atomic E-state index is 12.3. The average Bonchev–Trinajstić information content (AvgIpc) is 2.02. The van der Waals surface area contributed by atoms with E-state index in [4.69, 9.17) is 5.11 Å². The number of aryl methyl sites for hydroxylation is 1. The van der Waals surface area contributed by atoms with Gasteiger partial charge in [0.2, 0.25) is 0 Å². The van der Waals surface area contributed by atoms with E-state index in [2.05, 4.69) is 4.98 Å². The first kappa shape index (κ1) is 9.57. The first-order valence-corrected chi connectivity index (χ1v) is 3.51. The zero-order valence-corrected chi connectivity index (χ0v) is 6.79. The number of hydrogen-bond donors (Lipinski definition) is 1. The fourth-order valence-electron chi connectivity index (χ4n) is 1.04. The van der Waals surface area contributed by atoms with Crippen LogP contribution in [0.5, 0.6) is 0 Å². The van der Waals surface area contributed by atoms with Gasteiger partial charge in [-0.25, -0.2) is 13.6 Å². The van der Waals surface area contributed by atoms with Crippen molar-refractivity contribution >= 4 is 5.97 Å². The van der Waals surface area contributed by atoms with Gasteiger partial charge in [0.1, 0.15) is 0 Å². The lowest BCUT2D eigenvalue weighted by Crippen LogP contribution is -2.06. The van der Waals surface area contributed by atoms with Gasteiger partial charge in [0.15, 0.2) is 0 Å². The number of alkyl halides is 2. The Balaban J connectivity index is 3.34. The molecule has 3 nitrogen and oxygen atoms in total. The summed E-state index contributed by atoms with van der Waals surface area (Å²) in [5, 5.41) is 8.58. The maximum Gasteiger partial charge on any atom is 0.336 e. The molecule has 0 aromatic carbocycles. The molecule has 0 unspecified atom stereocenters. The molecule has 1 aromatic heterocycles. The second-order valence-electron chi connectivity index (χ2n) is 2.46. The summed E-state index contributed by atoms with van der Waals surface area (Å²) in [7, 11) is 0. The number of aromatic nitrogens is 1. The van der Waals surface area contributed by atoms with Gasteiger partial charge in [-0.1, -0.05) is 0 Å². The van der Waals surface area contributed by atoms with Crippen molar-refractivity contribution < 1.29 is 18.7 Å². The largest absolute Gasteiger partial charge is 0.478 e. The number of rotatable bonds is 2. The van der Waals surface area contributed by atoms with Crippen molar-refractivity contribution in [2.45, 2.75) is 13.3 Å². The van der Waals surface area contributed by atoms with E-state index in [1.54, 1.807) is 0 Å². The zero-order chi connectivity index (χ0) is 10.0. The fourth-order valence-corrected chi connectivity index (χ4v) is 1.04. The molecule has 70 valence electrons. The summed E-state index contributed by atoms with van der Waals surface area (Å²) in [5.41, 5.74) is -0.840. The summed E-state index contributed by atoms with van der Waals surface area (Å²) >= 11 is 0. The fraction of sp³-hybridized carbons (Fsp3) is 0.250. The number of hydrogen-bond acceptors (Lipinski definition) is 2. The second-order valence-corrected chi connectivity index (χ2v) is 2.46. The van der Waals surface area contributed by atoms with Crippen molar-refractivity contribution in [1.82, 2.24) is 4.98 Å². The summed E-state index contributed by atoms with van der Waals surface area (Å²) in [6, 6.07) is 1.07. The van der Waals surface area contributed by atoms with E-state index in [-0.39, 0.29) is 11.3 Å². The van der Waals surface area contributed by atoms with Crippen molar-refractivity contribution in [2.24, 2.45) is 0 Å². The van der Waals surface area contributed by atoms with Gasteiger partial charge in [-0.2, -0.15) is 0 Å². The Morgan fingerprint density at radius 1 is 1.62 bits per heavy atom. The smallest absolute Gasteiger partial charge is 0.336 e. The van der Waals surface area contributed by atoms with Crippen LogP contribution in [0.1, 0.15) is 28.0 Å². The summed E-state index contributed by atoms with van der Waals surface area (Å²) in [4.78, 5) is 14.1. The highest BCUT2D eigenvalue weighted by Crippen LogP contribution is 2.24. The molecule has 0 fully saturated rings. The zero-order valence-electron chi connectivity index (χ0n) is 6.79. The van der Waals surface area contributed by atoms with Crippen molar-refractivity contribution in [3.63, 3.8) is 0 Å². The Morgan fingerprint density at radius 3 is 2.62 bits per heavy atom. The van der Waals surface area contributed by atoms with E-state index < -0.39 is 18.0 Å². The van der Waals surface area contributed by atoms with Crippen LogP contribution in [0.15, 0.2) is 12.3 Å². The third kappa shape index (κ3) is 1.80. The van der Waals surface area contributed by atoms with Crippen LogP contribution in [0.2, 0.25) is 0 Å². The van der Waals surface area contributed by atoms with Gasteiger partial charge in [0.05, 0.1) is 11.1 Å². The predicted molar refractivity (Wildman–Crippen MR) is 40.9 cm³/mol. The SMILES string of the molecule is Cc1nccc(C(=O)O)c1C(F)F. The Hall–Kier alpha value is -1.52. The number of carboxylic acids is 1. The minimum Gasteiger partial charge on any atom is -0.478 e. The average molecular weight is 187 g/mol. The molecule has 0 aliphatic carbocycles. The minimum atomic E-state index is -2.81. The van der Waals surface area contributed by atoms with Gasteiger partial charge in [-0.05, 0) is 13.0 Å². The third-order valence-electron chi connectivity index (χ3n) is 1.64.